The topological polar surface area (TPSA) is 73.4 Å². The Morgan fingerprint density at radius 3 is 2.86 bits per heavy atom. The Morgan fingerprint density at radius 2 is 2.23 bits per heavy atom. The first kappa shape index (κ1) is 15.5. The minimum atomic E-state index is -0.316. The van der Waals surface area contributed by atoms with Gasteiger partial charge in [0.25, 0.3) is 5.91 Å². The third-order valence-corrected chi connectivity index (χ3v) is 4.76. The van der Waals surface area contributed by atoms with Gasteiger partial charge in [-0.3, -0.25) is 4.79 Å². The van der Waals surface area contributed by atoms with Crippen molar-refractivity contribution in [2.45, 2.75) is 57.8 Å². The van der Waals surface area contributed by atoms with Crippen LogP contribution >= 0.6 is 0 Å². The van der Waals surface area contributed by atoms with Crippen LogP contribution in [0.2, 0.25) is 0 Å². The smallest absolute Gasteiger partial charge is 0.252 e. The van der Waals surface area contributed by atoms with E-state index in [1.54, 1.807) is 0 Å². The van der Waals surface area contributed by atoms with Gasteiger partial charge in [0.1, 0.15) is 11.9 Å². The predicted molar refractivity (Wildman–Crippen MR) is 83.4 cm³/mol. The molecule has 1 fully saturated rings. The summed E-state index contributed by atoms with van der Waals surface area (Å²) in [5, 5.41) is 0. The van der Waals surface area contributed by atoms with Gasteiger partial charge in [-0.2, -0.15) is 0 Å². The molecule has 0 spiro atoms. The molecular weight excluding hydrogens is 280 g/mol. The summed E-state index contributed by atoms with van der Waals surface area (Å²) < 4.78 is 7.93. The normalized spacial score (nSPS) is 24.9. The standard InChI is InChI=1S/C16H26N4O2/c1-10(2)15-18-12-9-20(7-6-13(12)19(15)3)16(21)14-5-4-11(8-17)22-14/h10-11,14H,4-9,17H2,1-3H3/t11-,14+/m1/s1. The quantitative estimate of drug-likeness (QED) is 0.902. The third-order valence-electron chi connectivity index (χ3n) is 4.76. The van der Waals surface area contributed by atoms with Crippen LogP contribution in [0.5, 0.6) is 0 Å². The maximum Gasteiger partial charge on any atom is 0.252 e. The Morgan fingerprint density at radius 1 is 1.45 bits per heavy atom. The van der Waals surface area contributed by atoms with Crippen molar-refractivity contribution in [1.82, 2.24) is 14.5 Å². The summed E-state index contributed by atoms with van der Waals surface area (Å²) in [6.07, 6.45) is 2.25. The summed E-state index contributed by atoms with van der Waals surface area (Å²) in [6.45, 7) is 6.13. The second-order valence-electron chi connectivity index (χ2n) is 6.65. The molecule has 0 bridgehead atoms. The average Bonchev–Trinajstić information content (AvgIpc) is 3.11. The highest BCUT2D eigenvalue weighted by atomic mass is 16.5. The molecule has 2 aliphatic rings. The van der Waals surface area contributed by atoms with Crippen molar-refractivity contribution >= 4 is 5.91 Å². The largest absolute Gasteiger partial charge is 0.364 e. The molecule has 2 atom stereocenters. The van der Waals surface area contributed by atoms with Crippen molar-refractivity contribution in [2.75, 3.05) is 13.1 Å². The number of nitrogens with two attached hydrogens (primary N) is 1. The first-order valence-electron chi connectivity index (χ1n) is 8.20. The van der Waals surface area contributed by atoms with E-state index in [1.165, 1.54) is 5.69 Å². The van der Waals surface area contributed by atoms with Crippen LogP contribution < -0.4 is 5.73 Å². The van der Waals surface area contributed by atoms with Crippen molar-refractivity contribution in [1.29, 1.82) is 0 Å². The number of carbonyl (C=O) groups is 1. The molecule has 1 amide bonds. The van der Waals surface area contributed by atoms with E-state index in [1.807, 2.05) is 4.90 Å². The highest BCUT2D eigenvalue weighted by Crippen LogP contribution is 2.26. The maximum absolute atomic E-state index is 12.6. The molecule has 6 heteroatoms. The third kappa shape index (κ3) is 2.65. The minimum absolute atomic E-state index is 0.0386. The molecule has 6 nitrogen and oxygen atoms in total. The molecule has 1 aromatic heterocycles. The van der Waals surface area contributed by atoms with Crippen LogP contribution in [0.1, 0.15) is 49.8 Å². The average molecular weight is 306 g/mol. The van der Waals surface area contributed by atoms with Gasteiger partial charge in [-0.1, -0.05) is 13.8 Å². The number of hydrogen-bond acceptors (Lipinski definition) is 4. The molecule has 2 N–H and O–H groups in total. The van der Waals surface area contributed by atoms with Crippen LogP contribution in [0.25, 0.3) is 0 Å². The second kappa shape index (κ2) is 6.01. The lowest BCUT2D eigenvalue weighted by Crippen LogP contribution is -2.42. The number of amides is 1. The van der Waals surface area contributed by atoms with Crippen molar-refractivity contribution in [2.24, 2.45) is 12.8 Å². The Bertz CT molecular complexity index is 567. The summed E-state index contributed by atoms with van der Waals surface area (Å²) in [5.41, 5.74) is 7.93. The number of rotatable bonds is 3. The molecule has 0 aliphatic carbocycles. The SMILES string of the molecule is CC(C)c1nc2c(n1C)CCN(C(=O)[C@@H]1CC[C@H](CN)O1)C2. The van der Waals surface area contributed by atoms with E-state index in [4.69, 9.17) is 15.5 Å². The Hall–Kier alpha value is -1.40. The monoisotopic (exact) mass is 306 g/mol. The van der Waals surface area contributed by atoms with Crippen LogP contribution in [0.4, 0.5) is 0 Å². The van der Waals surface area contributed by atoms with E-state index < -0.39 is 0 Å². The number of fused-ring (bicyclic) bond motifs is 1. The van der Waals surface area contributed by atoms with E-state index >= 15 is 0 Å². The molecule has 2 aliphatic heterocycles. The van der Waals surface area contributed by atoms with Gasteiger partial charge in [0, 0.05) is 38.2 Å². The van der Waals surface area contributed by atoms with Gasteiger partial charge in [-0.25, -0.2) is 4.98 Å². The molecular formula is C16H26N4O2. The van der Waals surface area contributed by atoms with Crippen LogP contribution in [0, 0.1) is 0 Å². The highest BCUT2D eigenvalue weighted by Gasteiger charge is 2.35. The van der Waals surface area contributed by atoms with Gasteiger partial charge < -0.3 is 19.9 Å². The Balaban J connectivity index is 1.72. The minimum Gasteiger partial charge on any atom is -0.364 e. The van der Waals surface area contributed by atoms with Gasteiger partial charge >= 0.3 is 0 Å². The van der Waals surface area contributed by atoms with Crippen molar-refractivity contribution in [3.8, 4) is 0 Å². The van der Waals surface area contributed by atoms with E-state index in [2.05, 4.69) is 25.5 Å². The van der Waals surface area contributed by atoms with Crippen LogP contribution in [0.15, 0.2) is 0 Å². The number of imidazole rings is 1. The van der Waals surface area contributed by atoms with Crippen LogP contribution in [-0.2, 0) is 29.5 Å². The maximum atomic E-state index is 12.6. The highest BCUT2D eigenvalue weighted by molar-refractivity contribution is 5.81. The van der Waals surface area contributed by atoms with Gasteiger partial charge in [-0.15, -0.1) is 0 Å². The molecule has 3 rings (SSSR count). The molecule has 122 valence electrons. The summed E-state index contributed by atoms with van der Waals surface area (Å²) in [5.74, 6) is 1.58. The van der Waals surface area contributed by atoms with E-state index in [9.17, 15) is 4.79 Å². The van der Waals surface area contributed by atoms with E-state index in [0.717, 1.165) is 37.3 Å². The second-order valence-corrected chi connectivity index (χ2v) is 6.65. The van der Waals surface area contributed by atoms with E-state index in [0.29, 0.717) is 19.0 Å². The number of nitrogens with zero attached hydrogens (tertiary/aromatic N) is 3. The number of carbonyl (C=O) groups excluding carboxylic acids is 1. The molecule has 22 heavy (non-hydrogen) atoms. The lowest BCUT2D eigenvalue weighted by molar-refractivity contribution is -0.143. The first-order chi connectivity index (χ1) is 10.5. The summed E-state index contributed by atoms with van der Waals surface area (Å²) in [4.78, 5) is 19.3. The molecule has 0 unspecified atom stereocenters. The summed E-state index contributed by atoms with van der Waals surface area (Å²) >= 11 is 0. The number of aromatic nitrogens is 2. The fraction of sp³-hybridized carbons (Fsp3) is 0.750. The summed E-state index contributed by atoms with van der Waals surface area (Å²) in [6, 6.07) is 0. The van der Waals surface area contributed by atoms with Crippen molar-refractivity contribution in [3.63, 3.8) is 0 Å². The fourth-order valence-electron chi connectivity index (χ4n) is 3.52. The number of ether oxygens (including phenoxy) is 1. The van der Waals surface area contributed by atoms with Gasteiger partial charge in [0.05, 0.1) is 18.3 Å². The molecule has 0 aromatic carbocycles. The van der Waals surface area contributed by atoms with Crippen LogP contribution in [0.3, 0.4) is 0 Å². The Kier molecular flexibility index (Phi) is 4.23. The molecule has 0 radical (unpaired) electrons. The van der Waals surface area contributed by atoms with E-state index in [-0.39, 0.29) is 18.1 Å². The first-order valence-corrected chi connectivity index (χ1v) is 8.20. The predicted octanol–water partition coefficient (Wildman–Crippen LogP) is 0.935. The van der Waals surface area contributed by atoms with Gasteiger partial charge in [0.15, 0.2) is 0 Å². The zero-order valence-corrected chi connectivity index (χ0v) is 13.7. The zero-order chi connectivity index (χ0) is 15.9. The summed E-state index contributed by atoms with van der Waals surface area (Å²) in [7, 11) is 2.07. The molecule has 3 heterocycles. The molecule has 1 saturated heterocycles. The van der Waals surface area contributed by atoms with Crippen molar-refractivity contribution < 1.29 is 9.53 Å². The van der Waals surface area contributed by atoms with Gasteiger partial charge in [-0.05, 0) is 12.8 Å². The lowest BCUT2D eigenvalue weighted by Gasteiger charge is -2.29. The van der Waals surface area contributed by atoms with Crippen molar-refractivity contribution in [3.05, 3.63) is 17.2 Å². The fourth-order valence-corrected chi connectivity index (χ4v) is 3.52. The van der Waals surface area contributed by atoms with Crippen LogP contribution in [-0.4, -0.2) is 45.7 Å². The number of hydrogen-bond donors (Lipinski definition) is 1. The lowest BCUT2D eigenvalue weighted by atomic mass is 10.1. The molecule has 1 aromatic rings. The Labute approximate surface area is 131 Å². The van der Waals surface area contributed by atoms with Gasteiger partial charge in [0.2, 0.25) is 0 Å². The zero-order valence-electron chi connectivity index (χ0n) is 13.7. The molecule has 0 saturated carbocycles.